The number of nitrogens with two attached hydrogens (primary N) is 2. The quantitative estimate of drug-likeness (QED) is 0.107. The number of imidazole rings is 1. The van der Waals surface area contributed by atoms with Crippen molar-refractivity contribution >= 4 is 43.0 Å². The van der Waals surface area contributed by atoms with Crippen molar-refractivity contribution in [3.8, 4) is 5.75 Å². The molecule has 0 amide bonds. The molecule has 2 aromatic heterocycles. The number of nitrogens with one attached hydrogen (secondary N) is 2. The van der Waals surface area contributed by atoms with Gasteiger partial charge in [-0.3, -0.25) is 28.5 Å². The van der Waals surface area contributed by atoms with E-state index in [0.717, 1.165) is 12.0 Å². The fraction of sp³-hybridized carbons (Fsp3) is 0.545. The largest absolute Gasteiger partial charge is 0.463 e. The molecule has 16 heteroatoms. The van der Waals surface area contributed by atoms with Gasteiger partial charge in [-0.2, -0.15) is 10.1 Å². The van der Waals surface area contributed by atoms with Gasteiger partial charge in [-0.1, -0.05) is 59.2 Å². The summed E-state index contributed by atoms with van der Waals surface area (Å²) >= 11 is 0. The van der Waals surface area contributed by atoms with Gasteiger partial charge in [0.25, 0.3) is 5.56 Å². The summed E-state index contributed by atoms with van der Waals surface area (Å²) in [6, 6.07) is 6.59. The lowest BCUT2D eigenvalue weighted by atomic mass is 10.0. The number of hydrogen-bond donors (Lipinski definition) is 4. The molecule has 2 heterocycles. The van der Waals surface area contributed by atoms with E-state index in [2.05, 4.69) is 20.0 Å². The van der Waals surface area contributed by atoms with E-state index >= 15 is 0 Å². The third-order valence-corrected chi connectivity index (χ3v) is 9.66. The zero-order valence-electron chi connectivity index (χ0n) is 28.9. The molecule has 1 aromatic carbocycles. The fourth-order valence-corrected chi connectivity index (χ4v) is 6.73. The lowest BCUT2D eigenvalue weighted by molar-refractivity contribution is -0.151. The second-order valence-electron chi connectivity index (χ2n) is 13.3. The average Bonchev–Trinajstić information content (AvgIpc) is 3.56. The van der Waals surface area contributed by atoms with E-state index in [1.165, 1.54) is 10.9 Å². The maximum absolute atomic E-state index is 14.6. The Balaban J connectivity index is 1.66. The lowest BCUT2D eigenvalue weighted by Gasteiger charge is -2.28. The Hall–Kier alpha value is -4.04. The van der Waals surface area contributed by atoms with Crippen molar-refractivity contribution in [3.05, 3.63) is 52.6 Å². The number of anilines is 1. The maximum atomic E-state index is 14.6. The Labute approximate surface area is 285 Å². The van der Waals surface area contributed by atoms with Crippen molar-refractivity contribution < 1.29 is 32.7 Å². The molecule has 0 aliphatic heterocycles. The van der Waals surface area contributed by atoms with Gasteiger partial charge in [-0.05, 0) is 55.7 Å². The number of H-pyrrole nitrogens is 1. The molecule has 0 spiro atoms. The first-order chi connectivity index (χ1) is 23.1. The second kappa shape index (κ2) is 16.1. The molecule has 1 fully saturated rings. The van der Waals surface area contributed by atoms with Crippen molar-refractivity contribution in [1.82, 2.24) is 24.6 Å². The van der Waals surface area contributed by atoms with Crippen LogP contribution in [0.15, 0.2) is 47.0 Å². The van der Waals surface area contributed by atoms with Gasteiger partial charge in [0, 0.05) is 6.20 Å². The Morgan fingerprint density at radius 1 is 1.14 bits per heavy atom. The van der Waals surface area contributed by atoms with E-state index in [1.807, 2.05) is 41.5 Å². The van der Waals surface area contributed by atoms with Crippen molar-refractivity contribution in [2.75, 3.05) is 18.9 Å². The Morgan fingerprint density at radius 3 is 2.51 bits per heavy atom. The van der Waals surface area contributed by atoms with E-state index in [4.69, 9.17) is 30.0 Å². The van der Waals surface area contributed by atoms with Crippen LogP contribution < -0.4 is 26.6 Å². The topological polar surface area (TPSA) is 216 Å². The molecule has 2 unspecified atom stereocenters. The number of nitrogen functional groups attached to an aromatic ring is 1. The smallest absolute Gasteiger partial charge is 0.459 e. The molecule has 4 rings (SSSR count). The molecule has 1 aliphatic carbocycles. The SMILES string of the molecule is CCC[C@H](C)OC(=O)C(CC(C)C)NP(=O)(OC[C@@]1(COC(=O)[C@H](N)C(C)C)C/C1=C/n1cnc2c(=O)[nH]c(N)nc21)Oc1ccccc1. The standard InChI is InChI=1S/C33H48N7O8P/c1-7-11-22(6)47-30(42)25(14-20(2)3)39-49(44,48-24-12-9-8-10-13-24)46-18-33(17-45-31(43)26(34)21(4)5)15-23(33)16-40-19-36-27-28(40)37-32(35)38-29(27)41/h8-10,12-13,16,19-22,25-26H,7,11,14-15,17-18,34H2,1-6H3,(H,39,44)(H3,35,37,38,41)/b23-16-/t22-,25?,26+,33-,49?/m0/s1. The molecule has 3 aromatic rings. The lowest BCUT2D eigenvalue weighted by Crippen LogP contribution is -2.40. The number of benzene rings is 1. The highest BCUT2D eigenvalue weighted by Gasteiger charge is 2.53. The molecule has 6 N–H and O–H groups in total. The van der Waals surface area contributed by atoms with Crippen molar-refractivity contribution in [2.45, 2.75) is 85.4 Å². The van der Waals surface area contributed by atoms with Crippen molar-refractivity contribution in [2.24, 2.45) is 23.0 Å². The van der Waals surface area contributed by atoms with Gasteiger partial charge in [0.15, 0.2) is 11.2 Å². The summed E-state index contributed by atoms with van der Waals surface area (Å²) < 4.78 is 39.5. The number of ether oxygens (including phenoxy) is 2. The van der Waals surface area contributed by atoms with Crippen LogP contribution in [0.1, 0.15) is 67.2 Å². The molecule has 268 valence electrons. The zero-order chi connectivity index (χ0) is 35.9. The van der Waals surface area contributed by atoms with Gasteiger partial charge in [-0.15, -0.1) is 0 Å². The molecule has 0 bridgehead atoms. The molecular weight excluding hydrogens is 653 g/mol. The second-order valence-corrected chi connectivity index (χ2v) is 15.0. The van der Waals surface area contributed by atoms with Crippen LogP contribution in [0.2, 0.25) is 0 Å². The number of carbonyl (C=O) groups is 2. The summed E-state index contributed by atoms with van der Waals surface area (Å²) in [7, 11) is -4.29. The number of nitrogens with zero attached hydrogens (tertiary/aromatic N) is 3. The molecule has 1 saturated carbocycles. The maximum Gasteiger partial charge on any atom is 0.459 e. The Kier molecular flexibility index (Phi) is 12.4. The highest BCUT2D eigenvalue weighted by Crippen LogP contribution is 2.57. The van der Waals surface area contributed by atoms with Crippen molar-refractivity contribution in [1.29, 1.82) is 0 Å². The minimum absolute atomic E-state index is 0.0329. The summed E-state index contributed by atoms with van der Waals surface area (Å²) in [5, 5.41) is 2.87. The van der Waals surface area contributed by atoms with E-state index in [-0.39, 0.29) is 54.0 Å². The highest BCUT2D eigenvalue weighted by molar-refractivity contribution is 7.52. The summed E-state index contributed by atoms with van der Waals surface area (Å²) in [6.07, 6.45) is 4.92. The normalized spacial score (nSPS) is 19.8. The zero-order valence-corrected chi connectivity index (χ0v) is 29.8. The molecule has 5 atom stereocenters. The molecule has 0 radical (unpaired) electrons. The van der Waals surface area contributed by atoms with Gasteiger partial charge < -0.3 is 25.5 Å². The number of aromatic amines is 1. The summed E-state index contributed by atoms with van der Waals surface area (Å²) in [5.41, 5.74) is 11.4. The molecular formula is C33H48N7O8P. The summed E-state index contributed by atoms with van der Waals surface area (Å²) in [5.74, 6) is -1.13. The third-order valence-electron chi connectivity index (χ3n) is 8.11. The van der Waals surface area contributed by atoms with Gasteiger partial charge in [0.05, 0.1) is 18.1 Å². The van der Waals surface area contributed by atoms with Gasteiger partial charge >= 0.3 is 19.7 Å². The molecule has 49 heavy (non-hydrogen) atoms. The van der Waals surface area contributed by atoms with Crippen molar-refractivity contribution in [3.63, 3.8) is 0 Å². The van der Waals surface area contributed by atoms with Crippen LogP contribution in [0.3, 0.4) is 0 Å². The Morgan fingerprint density at radius 2 is 1.86 bits per heavy atom. The first-order valence-corrected chi connectivity index (χ1v) is 18.0. The monoisotopic (exact) mass is 701 g/mol. The van der Waals surface area contributed by atoms with E-state index in [0.29, 0.717) is 19.3 Å². The van der Waals surface area contributed by atoms with E-state index in [1.54, 1.807) is 36.5 Å². The fourth-order valence-electron chi connectivity index (χ4n) is 5.14. The highest BCUT2D eigenvalue weighted by atomic mass is 31.2. The van der Waals surface area contributed by atoms with E-state index < -0.39 is 42.7 Å². The number of rotatable bonds is 18. The molecule has 1 aliphatic rings. The van der Waals surface area contributed by atoms with Crippen LogP contribution in [0.5, 0.6) is 5.75 Å². The van der Waals surface area contributed by atoms with Gasteiger partial charge in [-0.25, -0.2) is 9.55 Å². The van der Waals surface area contributed by atoms with Gasteiger partial charge in [0.1, 0.15) is 30.8 Å². The number of carbonyl (C=O) groups excluding carboxylic acids is 2. The number of esters is 2. The summed E-state index contributed by atoms with van der Waals surface area (Å²) in [4.78, 5) is 49.3. The molecule has 0 saturated heterocycles. The molecule has 15 nitrogen and oxygen atoms in total. The van der Waals surface area contributed by atoms with Gasteiger partial charge in [0.2, 0.25) is 5.95 Å². The third kappa shape index (κ3) is 10.0. The first-order valence-electron chi connectivity index (χ1n) is 16.5. The van der Waals surface area contributed by atoms with Crippen LogP contribution in [0.4, 0.5) is 5.95 Å². The van der Waals surface area contributed by atoms with Crippen LogP contribution in [-0.4, -0.2) is 62.9 Å². The number of para-hydroxylation sites is 1. The summed E-state index contributed by atoms with van der Waals surface area (Å²) in [6.45, 7) is 10.9. The minimum Gasteiger partial charge on any atom is -0.463 e. The van der Waals surface area contributed by atoms with Crippen LogP contribution in [0.25, 0.3) is 17.4 Å². The van der Waals surface area contributed by atoms with Crippen LogP contribution >= 0.6 is 7.75 Å². The van der Waals surface area contributed by atoms with E-state index in [9.17, 15) is 18.9 Å². The number of aromatic nitrogens is 4. The van der Waals surface area contributed by atoms with Crippen LogP contribution in [-0.2, 0) is 28.2 Å². The predicted molar refractivity (Wildman–Crippen MR) is 185 cm³/mol. The first kappa shape index (κ1) is 37.8. The number of fused-ring (bicyclic) bond motifs is 1. The Bertz CT molecular complexity index is 1740. The number of hydrogen-bond acceptors (Lipinski definition) is 12. The van der Waals surface area contributed by atoms with Crippen LogP contribution in [0, 0.1) is 17.3 Å². The minimum atomic E-state index is -4.29. The average molecular weight is 702 g/mol. The predicted octanol–water partition coefficient (Wildman–Crippen LogP) is 4.40.